The average molecular weight is 353 g/mol. The normalized spacial score (nSPS) is 15.7. The van der Waals surface area contributed by atoms with Crippen molar-refractivity contribution in [2.24, 2.45) is 0 Å². The maximum absolute atomic E-state index is 14.5. The van der Waals surface area contributed by atoms with Crippen LogP contribution in [0, 0.1) is 5.95 Å². The van der Waals surface area contributed by atoms with Crippen LogP contribution in [0.3, 0.4) is 0 Å². The Morgan fingerprint density at radius 3 is 2.48 bits per heavy atom. The van der Waals surface area contributed by atoms with Gasteiger partial charge in [0.25, 0.3) is 0 Å². The zero-order chi connectivity index (χ0) is 18.1. The summed E-state index contributed by atoms with van der Waals surface area (Å²) in [5.41, 5.74) is -1.08. The minimum absolute atomic E-state index is 0.0248. The number of piperazine rings is 1. The number of hydrogen-bond acceptors (Lipinski definition) is 5. The third-order valence-corrected chi connectivity index (χ3v) is 4.33. The molecule has 2 N–H and O–H groups in total. The predicted molar refractivity (Wildman–Crippen MR) is 86.7 cm³/mol. The quantitative estimate of drug-likeness (QED) is 0.807. The number of fused-ring (bicyclic) bond motifs is 1. The summed E-state index contributed by atoms with van der Waals surface area (Å²) in [6.07, 6.45) is 0. The van der Waals surface area contributed by atoms with Gasteiger partial charge in [0.1, 0.15) is 6.67 Å². The third kappa shape index (κ3) is 3.08. The number of hydroxylamine groups is 2. The minimum Gasteiger partial charge on any atom is -0.477 e. The summed E-state index contributed by atoms with van der Waals surface area (Å²) in [6.45, 7) is 0.636. The van der Waals surface area contributed by atoms with Crippen LogP contribution in [-0.2, 0) is 6.54 Å². The van der Waals surface area contributed by atoms with Gasteiger partial charge in [0.15, 0.2) is 5.56 Å². The van der Waals surface area contributed by atoms with Crippen molar-refractivity contribution >= 4 is 22.6 Å². The molecule has 1 fully saturated rings. The van der Waals surface area contributed by atoms with Gasteiger partial charge >= 0.3 is 5.97 Å². The van der Waals surface area contributed by atoms with Crippen molar-refractivity contribution < 1.29 is 23.9 Å². The van der Waals surface area contributed by atoms with E-state index < -0.39 is 36.1 Å². The topological polar surface area (TPSA) is 86.0 Å². The summed E-state index contributed by atoms with van der Waals surface area (Å²) in [4.78, 5) is 25.4. The fourth-order valence-corrected chi connectivity index (χ4v) is 3.04. The first-order valence-corrected chi connectivity index (χ1v) is 7.78. The smallest absolute Gasteiger partial charge is 0.344 e. The van der Waals surface area contributed by atoms with Crippen LogP contribution in [0.15, 0.2) is 23.0 Å². The number of nitrogens with zero attached hydrogens (tertiary/aromatic N) is 3. The summed E-state index contributed by atoms with van der Waals surface area (Å²) >= 11 is 0. The van der Waals surface area contributed by atoms with Crippen LogP contribution in [0.5, 0.6) is 0 Å². The molecular weight excluding hydrogens is 336 g/mol. The van der Waals surface area contributed by atoms with E-state index in [1.165, 1.54) is 11.1 Å². The van der Waals surface area contributed by atoms with E-state index in [2.05, 4.69) is 0 Å². The highest BCUT2D eigenvalue weighted by molar-refractivity contribution is 5.93. The zero-order valence-corrected chi connectivity index (χ0v) is 13.3. The van der Waals surface area contributed by atoms with Crippen molar-refractivity contribution in [1.82, 2.24) is 9.63 Å². The number of hydrogen-bond donors (Lipinski definition) is 2. The van der Waals surface area contributed by atoms with Gasteiger partial charge in [-0.25, -0.2) is 9.18 Å². The number of aromatic carboxylic acids is 1. The molecule has 0 unspecified atom stereocenters. The van der Waals surface area contributed by atoms with Crippen molar-refractivity contribution in [3.63, 3.8) is 0 Å². The van der Waals surface area contributed by atoms with Crippen LogP contribution >= 0.6 is 0 Å². The number of anilines is 1. The molecule has 1 aromatic heterocycles. The van der Waals surface area contributed by atoms with Crippen LogP contribution in [-0.4, -0.2) is 58.8 Å². The fraction of sp³-hybridized carbons (Fsp3) is 0.375. The first-order valence-electron chi connectivity index (χ1n) is 7.78. The predicted octanol–water partition coefficient (Wildman–Crippen LogP) is 1.32. The van der Waals surface area contributed by atoms with Crippen molar-refractivity contribution in [2.45, 2.75) is 6.54 Å². The highest BCUT2D eigenvalue weighted by Crippen LogP contribution is 2.23. The second-order valence-corrected chi connectivity index (χ2v) is 5.78. The molecule has 1 saturated heterocycles. The van der Waals surface area contributed by atoms with E-state index in [9.17, 15) is 23.6 Å². The monoisotopic (exact) mass is 353 g/mol. The van der Waals surface area contributed by atoms with Gasteiger partial charge in [0.05, 0.1) is 12.1 Å². The number of carboxylic acid groups (broad SMARTS) is 1. The number of benzene rings is 1. The van der Waals surface area contributed by atoms with E-state index in [-0.39, 0.29) is 10.9 Å². The Bertz CT molecular complexity index is 876. The fourth-order valence-electron chi connectivity index (χ4n) is 3.04. The zero-order valence-electron chi connectivity index (χ0n) is 13.3. The lowest BCUT2D eigenvalue weighted by Gasteiger charge is -2.33. The lowest BCUT2D eigenvalue weighted by atomic mass is 10.1. The third-order valence-electron chi connectivity index (χ3n) is 4.33. The molecule has 7 nitrogen and oxygen atoms in total. The number of aryl methyl sites for hydroxylation is 1. The Morgan fingerprint density at radius 1 is 1.20 bits per heavy atom. The van der Waals surface area contributed by atoms with Crippen molar-refractivity contribution in [3.8, 4) is 0 Å². The standard InChI is InChI=1S/C16H17F2N3O4/c17-3-4-21-12-9-10(19-5-7-20(25)8-6-19)1-2-11(12)14(22)13(15(21)18)16(23)24/h1-2,9,25H,3-8H2,(H,23,24). The number of halogens is 2. The Morgan fingerprint density at radius 2 is 1.88 bits per heavy atom. The number of rotatable bonds is 4. The van der Waals surface area contributed by atoms with Gasteiger partial charge < -0.3 is 19.8 Å². The number of carboxylic acids is 1. The van der Waals surface area contributed by atoms with Crippen molar-refractivity contribution in [1.29, 1.82) is 0 Å². The Balaban J connectivity index is 2.18. The molecule has 0 bridgehead atoms. The van der Waals surface area contributed by atoms with Crippen molar-refractivity contribution in [2.75, 3.05) is 37.8 Å². The van der Waals surface area contributed by atoms with Gasteiger partial charge in [-0.3, -0.25) is 4.79 Å². The molecular formula is C16H17F2N3O4. The van der Waals surface area contributed by atoms with E-state index >= 15 is 0 Å². The Kier molecular flexibility index (Phi) is 4.69. The van der Waals surface area contributed by atoms with Gasteiger partial charge in [0, 0.05) is 37.3 Å². The van der Waals surface area contributed by atoms with E-state index in [0.29, 0.717) is 31.9 Å². The second-order valence-electron chi connectivity index (χ2n) is 5.78. The van der Waals surface area contributed by atoms with Gasteiger partial charge in [-0.2, -0.15) is 9.45 Å². The molecule has 2 aromatic rings. The molecule has 25 heavy (non-hydrogen) atoms. The molecule has 9 heteroatoms. The minimum atomic E-state index is -1.68. The van der Waals surface area contributed by atoms with Crippen LogP contribution < -0.4 is 10.3 Å². The molecule has 0 spiro atoms. The SMILES string of the molecule is O=C(O)c1c(F)n(CCF)c2cc(N3CCN(O)CC3)ccc2c1=O. The highest BCUT2D eigenvalue weighted by atomic mass is 19.1. The van der Waals surface area contributed by atoms with Crippen molar-refractivity contribution in [3.05, 3.63) is 39.9 Å². The van der Waals surface area contributed by atoms with Crippen LogP contribution in [0.4, 0.5) is 14.5 Å². The van der Waals surface area contributed by atoms with E-state index in [1.54, 1.807) is 12.1 Å². The number of pyridine rings is 1. The summed E-state index contributed by atoms with van der Waals surface area (Å²) in [6, 6.07) is 4.62. The van der Waals surface area contributed by atoms with Gasteiger partial charge in [-0.15, -0.1) is 0 Å². The molecule has 134 valence electrons. The lowest BCUT2D eigenvalue weighted by molar-refractivity contribution is -0.0935. The molecule has 0 aliphatic carbocycles. The van der Waals surface area contributed by atoms with Gasteiger partial charge in [-0.05, 0) is 18.2 Å². The Labute approximate surface area is 141 Å². The maximum Gasteiger partial charge on any atom is 0.344 e. The molecule has 1 aliphatic rings. The molecule has 1 aromatic carbocycles. The molecule has 1 aliphatic heterocycles. The summed E-state index contributed by atoms with van der Waals surface area (Å²) in [5, 5.41) is 19.7. The largest absolute Gasteiger partial charge is 0.477 e. The molecule has 0 radical (unpaired) electrons. The van der Waals surface area contributed by atoms with Crippen LogP contribution in [0.2, 0.25) is 0 Å². The molecule has 0 amide bonds. The average Bonchev–Trinajstić information content (AvgIpc) is 2.58. The van der Waals surface area contributed by atoms with Crippen LogP contribution in [0.1, 0.15) is 10.4 Å². The molecule has 3 rings (SSSR count). The summed E-state index contributed by atoms with van der Waals surface area (Å²) < 4.78 is 28.2. The molecule has 0 saturated carbocycles. The lowest BCUT2D eigenvalue weighted by Crippen LogP contribution is -2.44. The molecule has 0 atom stereocenters. The van der Waals surface area contributed by atoms with E-state index in [0.717, 1.165) is 4.57 Å². The Hall–Kier alpha value is -2.52. The van der Waals surface area contributed by atoms with E-state index in [4.69, 9.17) is 5.11 Å². The second kappa shape index (κ2) is 6.77. The van der Waals surface area contributed by atoms with Crippen LogP contribution in [0.25, 0.3) is 10.9 Å². The molecule has 2 heterocycles. The van der Waals surface area contributed by atoms with E-state index in [1.807, 2.05) is 4.90 Å². The maximum atomic E-state index is 14.5. The van der Waals surface area contributed by atoms with Gasteiger partial charge in [0.2, 0.25) is 11.4 Å². The number of aromatic nitrogens is 1. The summed E-state index contributed by atoms with van der Waals surface area (Å²) in [5.74, 6) is -2.93. The van der Waals surface area contributed by atoms with Gasteiger partial charge in [-0.1, -0.05) is 0 Å². The first kappa shape index (κ1) is 17.3. The number of carbonyl (C=O) groups is 1. The first-order chi connectivity index (χ1) is 11.9. The summed E-state index contributed by atoms with van der Waals surface area (Å²) in [7, 11) is 0. The number of alkyl halides is 1. The highest BCUT2D eigenvalue weighted by Gasteiger charge is 2.23.